The maximum atomic E-state index is 15.0. The maximum absolute atomic E-state index is 15.0. The molecule has 47 heavy (non-hydrogen) atoms. The van der Waals surface area contributed by atoms with Gasteiger partial charge in [0.15, 0.2) is 23.1 Å². The number of ether oxygens (including phenoxy) is 2. The summed E-state index contributed by atoms with van der Waals surface area (Å²) in [6.07, 6.45) is 6.07. The summed E-state index contributed by atoms with van der Waals surface area (Å²) in [7, 11) is 1.43. The first-order valence-corrected chi connectivity index (χ1v) is 15.3. The second-order valence-electron chi connectivity index (χ2n) is 10.9. The lowest BCUT2D eigenvalue weighted by atomic mass is 10.1. The van der Waals surface area contributed by atoms with E-state index in [1.165, 1.54) is 25.3 Å². The Bertz CT molecular complexity index is 1740. The Balaban J connectivity index is 1.37. The zero-order chi connectivity index (χ0) is 33.3. The van der Waals surface area contributed by atoms with Crippen molar-refractivity contribution < 1.29 is 33.0 Å². The second kappa shape index (κ2) is 15.2. The van der Waals surface area contributed by atoms with Crippen LogP contribution in [0, 0.1) is 5.82 Å². The highest BCUT2D eigenvalue weighted by Gasteiger charge is 2.22. The first-order chi connectivity index (χ1) is 22.7. The molecule has 0 unspecified atom stereocenters. The number of carbonyl (C=O) groups is 4. The van der Waals surface area contributed by atoms with Crippen LogP contribution in [-0.2, 0) is 16.1 Å². The highest BCUT2D eigenvalue weighted by Crippen LogP contribution is 2.34. The summed E-state index contributed by atoms with van der Waals surface area (Å²) in [6.45, 7) is 2.55. The quantitative estimate of drug-likeness (QED) is 0.307. The molecule has 0 saturated carbocycles. The number of carbonyl (C=O) groups excluding carboxylic acids is 4. The number of halogens is 1. The van der Waals surface area contributed by atoms with E-state index in [1.807, 2.05) is 0 Å². The number of nitrogens with zero attached hydrogens (tertiary/aromatic N) is 4. The minimum Gasteiger partial charge on any atom is -0.493 e. The molecule has 0 fully saturated rings. The van der Waals surface area contributed by atoms with Gasteiger partial charge >= 0.3 is 0 Å². The fraction of sp³-hybridized carbons (Fsp3) is 0.333. The summed E-state index contributed by atoms with van der Waals surface area (Å²) in [5.41, 5.74) is 0.947. The van der Waals surface area contributed by atoms with E-state index in [0.717, 1.165) is 0 Å². The topological polar surface area (TPSA) is 156 Å². The van der Waals surface area contributed by atoms with Crippen LogP contribution in [0.15, 0.2) is 61.1 Å². The van der Waals surface area contributed by atoms with Crippen LogP contribution < -0.4 is 25.4 Å². The largest absolute Gasteiger partial charge is 0.493 e. The number of fused-ring (bicyclic) bond motifs is 17. The van der Waals surface area contributed by atoms with Crippen LogP contribution in [0.5, 0.6) is 17.2 Å². The summed E-state index contributed by atoms with van der Waals surface area (Å²) >= 11 is 0. The Morgan fingerprint density at radius 1 is 1.09 bits per heavy atom. The van der Waals surface area contributed by atoms with E-state index in [1.54, 1.807) is 59.1 Å². The summed E-state index contributed by atoms with van der Waals surface area (Å²) in [6, 6.07) is 9.78. The van der Waals surface area contributed by atoms with Crippen molar-refractivity contribution in [2.45, 2.75) is 45.2 Å². The van der Waals surface area contributed by atoms with Gasteiger partial charge in [0.1, 0.15) is 11.7 Å². The predicted molar refractivity (Wildman–Crippen MR) is 169 cm³/mol. The van der Waals surface area contributed by atoms with E-state index < -0.39 is 23.7 Å². The summed E-state index contributed by atoms with van der Waals surface area (Å²) in [4.78, 5) is 62.3. The predicted octanol–water partition coefficient (Wildman–Crippen LogP) is 3.24. The van der Waals surface area contributed by atoms with Gasteiger partial charge in [-0.05, 0) is 61.2 Å². The lowest BCUT2D eigenvalue weighted by Gasteiger charge is -2.22. The second-order valence-corrected chi connectivity index (χ2v) is 10.9. The van der Waals surface area contributed by atoms with Crippen molar-refractivity contribution in [1.82, 2.24) is 35.2 Å². The van der Waals surface area contributed by atoms with Crippen LogP contribution in [0.1, 0.15) is 59.0 Å². The number of methoxy groups -OCH3 is 1. The Morgan fingerprint density at radius 3 is 2.68 bits per heavy atom. The van der Waals surface area contributed by atoms with Gasteiger partial charge in [0.2, 0.25) is 17.6 Å². The van der Waals surface area contributed by atoms with Gasteiger partial charge in [-0.1, -0.05) is 13.0 Å². The molecule has 2 aliphatic heterocycles. The standard InChI is InChI=1S/C33H36FN7O6/c1-3-24-31(44)37-19-21-8-10-26(23(34)17-21)47-28-18-22(9-11-27(28)46-2)30(43)35-12-5-15-40(14-4-7-29(42)38-24)32(45)25-20-41-16-6-13-36-33(41)39-25/h6,8-11,13,16-18,20,24H,3-5,7,12,14-15,19H2,1-2H3,(H,35,43)(H,37,44)(H,38,42)/t24-/m0/s1. The number of amides is 4. The van der Waals surface area contributed by atoms with E-state index in [-0.39, 0.29) is 67.2 Å². The molecule has 0 spiro atoms. The Hall–Kier alpha value is -5.53. The van der Waals surface area contributed by atoms with E-state index in [9.17, 15) is 19.2 Å². The van der Waals surface area contributed by atoms with Crippen LogP contribution >= 0.6 is 0 Å². The normalized spacial score (nSPS) is 17.0. The van der Waals surface area contributed by atoms with Crippen molar-refractivity contribution in [2.24, 2.45) is 0 Å². The summed E-state index contributed by atoms with van der Waals surface area (Å²) < 4.78 is 27.9. The van der Waals surface area contributed by atoms with Crippen LogP contribution in [0.4, 0.5) is 4.39 Å². The number of hydrogen-bond donors (Lipinski definition) is 3. The van der Waals surface area contributed by atoms with Gasteiger partial charge < -0.3 is 30.3 Å². The molecule has 4 heterocycles. The molecule has 6 rings (SSSR count). The van der Waals surface area contributed by atoms with Gasteiger partial charge in [-0.2, -0.15) is 0 Å². The zero-order valence-electron chi connectivity index (χ0n) is 26.1. The lowest BCUT2D eigenvalue weighted by molar-refractivity contribution is -0.129. The minimum absolute atomic E-state index is 0.0248. The van der Waals surface area contributed by atoms with E-state index in [0.29, 0.717) is 36.4 Å². The van der Waals surface area contributed by atoms with E-state index in [2.05, 4.69) is 25.9 Å². The molecule has 0 aliphatic carbocycles. The molecule has 2 aromatic heterocycles. The summed E-state index contributed by atoms with van der Waals surface area (Å²) in [5, 5.41) is 8.33. The highest BCUT2D eigenvalue weighted by molar-refractivity contribution is 5.95. The molecule has 4 aromatic rings. The number of hydrogen-bond acceptors (Lipinski definition) is 8. The first-order valence-electron chi connectivity index (χ1n) is 15.3. The molecule has 14 heteroatoms. The number of aromatic nitrogens is 3. The Morgan fingerprint density at radius 2 is 1.91 bits per heavy atom. The third-order valence-corrected chi connectivity index (χ3v) is 7.63. The molecule has 3 N–H and O–H groups in total. The van der Waals surface area contributed by atoms with Gasteiger partial charge in [0, 0.05) is 56.8 Å². The van der Waals surface area contributed by atoms with Crippen molar-refractivity contribution >= 4 is 29.4 Å². The average Bonchev–Trinajstić information content (AvgIpc) is 3.52. The van der Waals surface area contributed by atoms with Crippen molar-refractivity contribution in [2.75, 3.05) is 26.7 Å². The van der Waals surface area contributed by atoms with Gasteiger partial charge in [-0.15, -0.1) is 0 Å². The summed E-state index contributed by atoms with van der Waals surface area (Å²) in [5.74, 6) is -1.44. The maximum Gasteiger partial charge on any atom is 0.274 e. The van der Waals surface area contributed by atoms with E-state index in [4.69, 9.17) is 9.47 Å². The number of imidazole rings is 1. The molecular weight excluding hydrogens is 609 g/mol. The van der Waals surface area contributed by atoms with Crippen molar-refractivity contribution in [3.8, 4) is 17.2 Å². The third kappa shape index (κ3) is 8.20. The SMILES string of the molecule is CC[C@@H]1NC(=O)CCCN(C(=O)c2cn3cccnc3n2)CCCNC(=O)c2ccc(OC)c(c2)Oc2ccc(cc2F)CNC1=O. The third-order valence-electron chi connectivity index (χ3n) is 7.63. The molecule has 2 aliphatic rings. The van der Waals surface area contributed by atoms with Gasteiger partial charge in [-0.3, -0.25) is 23.6 Å². The van der Waals surface area contributed by atoms with Crippen LogP contribution in [0.3, 0.4) is 0 Å². The van der Waals surface area contributed by atoms with Gasteiger partial charge in [0.25, 0.3) is 11.8 Å². The molecule has 0 saturated heterocycles. The first kappa shape index (κ1) is 32.9. The molecular formula is C33H36FN7O6. The average molecular weight is 646 g/mol. The van der Waals surface area contributed by atoms with E-state index >= 15 is 4.39 Å². The lowest BCUT2D eigenvalue weighted by Crippen LogP contribution is -2.46. The monoisotopic (exact) mass is 645 g/mol. The molecule has 246 valence electrons. The fourth-order valence-corrected chi connectivity index (χ4v) is 5.10. The number of nitrogens with one attached hydrogen (secondary N) is 3. The fourth-order valence-electron chi connectivity index (χ4n) is 5.10. The molecule has 1 atom stereocenters. The zero-order valence-corrected chi connectivity index (χ0v) is 26.1. The smallest absolute Gasteiger partial charge is 0.274 e. The Kier molecular flexibility index (Phi) is 10.6. The molecule has 4 bridgehead atoms. The van der Waals surface area contributed by atoms with Crippen LogP contribution in [-0.4, -0.2) is 75.7 Å². The molecule has 13 nitrogen and oxygen atoms in total. The van der Waals surface area contributed by atoms with Crippen molar-refractivity contribution in [3.63, 3.8) is 0 Å². The molecule has 4 amide bonds. The molecule has 0 radical (unpaired) electrons. The minimum atomic E-state index is -0.789. The van der Waals surface area contributed by atoms with Crippen molar-refractivity contribution in [1.29, 1.82) is 0 Å². The number of rotatable bonds is 3. The van der Waals surface area contributed by atoms with Crippen LogP contribution in [0.25, 0.3) is 5.78 Å². The van der Waals surface area contributed by atoms with Crippen molar-refractivity contribution in [3.05, 3.63) is 83.7 Å². The van der Waals surface area contributed by atoms with Gasteiger partial charge in [0.05, 0.1) is 7.11 Å². The van der Waals surface area contributed by atoms with Crippen LogP contribution in [0.2, 0.25) is 0 Å². The molecule has 2 aromatic carbocycles. The van der Waals surface area contributed by atoms with Gasteiger partial charge in [-0.25, -0.2) is 14.4 Å². The highest BCUT2D eigenvalue weighted by atomic mass is 19.1. The Labute approximate surface area is 270 Å². The number of benzene rings is 2.